The predicted octanol–water partition coefficient (Wildman–Crippen LogP) is 2.21. The number of carbonyl (C=O) groups excluding carboxylic acids is 1. The number of hydrogen-bond acceptors (Lipinski definition) is 2. The van der Waals surface area contributed by atoms with E-state index in [1.807, 2.05) is 6.29 Å². The summed E-state index contributed by atoms with van der Waals surface area (Å²) in [5.41, 5.74) is 0. The molecular formula is C10H19O2. The zero-order valence-electron chi connectivity index (χ0n) is 7.88. The Bertz CT molecular complexity index is 102. The molecule has 0 fully saturated rings. The van der Waals surface area contributed by atoms with E-state index >= 15 is 0 Å². The van der Waals surface area contributed by atoms with Gasteiger partial charge < -0.3 is 5.11 Å². The van der Waals surface area contributed by atoms with Crippen molar-refractivity contribution in [1.82, 2.24) is 0 Å². The van der Waals surface area contributed by atoms with E-state index in [4.69, 9.17) is 0 Å². The fourth-order valence-corrected chi connectivity index (χ4v) is 1.16. The maximum Gasteiger partial charge on any atom is 0.198 e. The largest absolute Gasteiger partial charge is 0.393 e. The summed E-state index contributed by atoms with van der Waals surface area (Å²) in [7, 11) is 0. The highest BCUT2D eigenvalue weighted by Crippen LogP contribution is 2.08. The molecule has 0 bridgehead atoms. The fourth-order valence-electron chi connectivity index (χ4n) is 1.16. The molecule has 0 heterocycles. The monoisotopic (exact) mass is 171 g/mol. The molecule has 2 heteroatoms. The molecule has 0 aromatic heterocycles. The van der Waals surface area contributed by atoms with Gasteiger partial charge in [-0.1, -0.05) is 26.2 Å². The molecule has 0 amide bonds. The molecule has 2 nitrogen and oxygen atoms in total. The SMILES string of the molecule is CCCCC(O)CCCC[C]=O. The van der Waals surface area contributed by atoms with Gasteiger partial charge >= 0.3 is 0 Å². The smallest absolute Gasteiger partial charge is 0.198 e. The summed E-state index contributed by atoms with van der Waals surface area (Å²) in [6.45, 7) is 2.12. The first-order valence-corrected chi connectivity index (χ1v) is 4.84. The second-order valence-corrected chi connectivity index (χ2v) is 3.19. The van der Waals surface area contributed by atoms with Crippen LogP contribution < -0.4 is 0 Å². The minimum absolute atomic E-state index is 0.156. The third-order valence-electron chi connectivity index (χ3n) is 1.96. The van der Waals surface area contributed by atoms with Crippen LogP contribution in [0, 0.1) is 0 Å². The normalized spacial score (nSPS) is 12.8. The van der Waals surface area contributed by atoms with Crippen molar-refractivity contribution in [1.29, 1.82) is 0 Å². The van der Waals surface area contributed by atoms with Crippen LogP contribution >= 0.6 is 0 Å². The Morgan fingerprint density at radius 3 is 2.50 bits per heavy atom. The van der Waals surface area contributed by atoms with Gasteiger partial charge in [-0.3, -0.25) is 4.79 Å². The van der Waals surface area contributed by atoms with Crippen molar-refractivity contribution in [2.24, 2.45) is 0 Å². The Balaban J connectivity index is 3.07. The molecule has 1 atom stereocenters. The van der Waals surface area contributed by atoms with Crippen LogP contribution in [0.15, 0.2) is 0 Å². The van der Waals surface area contributed by atoms with Gasteiger partial charge in [0, 0.05) is 6.42 Å². The lowest BCUT2D eigenvalue weighted by atomic mass is 10.1. The summed E-state index contributed by atoms with van der Waals surface area (Å²) >= 11 is 0. The van der Waals surface area contributed by atoms with Crippen molar-refractivity contribution in [3.63, 3.8) is 0 Å². The zero-order valence-corrected chi connectivity index (χ0v) is 7.88. The van der Waals surface area contributed by atoms with E-state index in [9.17, 15) is 9.90 Å². The first kappa shape index (κ1) is 11.6. The van der Waals surface area contributed by atoms with Gasteiger partial charge in [-0.05, 0) is 19.3 Å². The lowest BCUT2D eigenvalue weighted by Gasteiger charge is -2.07. The molecule has 0 aliphatic carbocycles. The number of aliphatic hydroxyl groups excluding tert-OH is 1. The standard InChI is InChI=1S/C10H19O2/c1-2-3-7-10(12)8-5-4-6-9-11/h10,12H,2-8H2,1H3. The molecule has 1 N–H and O–H groups in total. The van der Waals surface area contributed by atoms with E-state index in [1.165, 1.54) is 0 Å². The Kier molecular flexibility index (Phi) is 8.46. The van der Waals surface area contributed by atoms with Crippen LogP contribution in [0.2, 0.25) is 0 Å². The minimum atomic E-state index is -0.156. The quantitative estimate of drug-likeness (QED) is 0.568. The van der Waals surface area contributed by atoms with Crippen LogP contribution in [-0.2, 0) is 4.79 Å². The van der Waals surface area contributed by atoms with Crippen molar-refractivity contribution in [3.8, 4) is 0 Å². The Morgan fingerprint density at radius 1 is 1.25 bits per heavy atom. The molecule has 71 valence electrons. The molecule has 0 saturated carbocycles. The second kappa shape index (κ2) is 8.72. The Hall–Kier alpha value is -0.370. The molecule has 0 aliphatic heterocycles. The van der Waals surface area contributed by atoms with Crippen LogP contribution in [0.25, 0.3) is 0 Å². The van der Waals surface area contributed by atoms with E-state index in [0.29, 0.717) is 6.42 Å². The number of aliphatic hydroxyl groups is 1. The summed E-state index contributed by atoms with van der Waals surface area (Å²) in [4.78, 5) is 9.83. The third kappa shape index (κ3) is 7.73. The van der Waals surface area contributed by atoms with Crippen molar-refractivity contribution in [2.45, 2.75) is 58.0 Å². The molecular weight excluding hydrogens is 152 g/mol. The summed E-state index contributed by atoms with van der Waals surface area (Å²) in [5.74, 6) is 0. The van der Waals surface area contributed by atoms with Gasteiger partial charge in [0.15, 0.2) is 6.29 Å². The maximum absolute atomic E-state index is 9.83. The van der Waals surface area contributed by atoms with E-state index in [1.54, 1.807) is 0 Å². The maximum atomic E-state index is 9.83. The van der Waals surface area contributed by atoms with Gasteiger partial charge in [0.1, 0.15) is 0 Å². The molecule has 12 heavy (non-hydrogen) atoms. The van der Waals surface area contributed by atoms with Gasteiger partial charge in [0.2, 0.25) is 0 Å². The van der Waals surface area contributed by atoms with Crippen LogP contribution in [-0.4, -0.2) is 17.5 Å². The Morgan fingerprint density at radius 2 is 1.92 bits per heavy atom. The van der Waals surface area contributed by atoms with Crippen molar-refractivity contribution >= 4 is 6.29 Å². The van der Waals surface area contributed by atoms with E-state index in [2.05, 4.69) is 6.92 Å². The van der Waals surface area contributed by atoms with E-state index < -0.39 is 0 Å². The molecule has 0 rings (SSSR count). The van der Waals surface area contributed by atoms with Crippen molar-refractivity contribution < 1.29 is 9.90 Å². The second-order valence-electron chi connectivity index (χ2n) is 3.19. The summed E-state index contributed by atoms with van der Waals surface area (Å²) < 4.78 is 0. The van der Waals surface area contributed by atoms with Gasteiger partial charge in [-0.15, -0.1) is 0 Å². The number of unbranched alkanes of at least 4 members (excludes halogenated alkanes) is 3. The summed E-state index contributed by atoms with van der Waals surface area (Å²) in [6.07, 6.45) is 8.00. The molecule has 0 spiro atoms. The highest BCUT2D eigenvalue weighted by molar-refractivity contribution is 5.50. The lowest BCUT2D eigenvalue weighted by Crippen LogP contribution is -2.05. The molecule has 0 aromatic rings. The number of rotatable bonds is 8. The fraction of sp³-hybridized carbons (Fsp3) is 0.900. The lowest BCUT2D eigenvalue weighted by molar-refractivity contribution is 0.148. The van der Waals surface area contributed by atoms with Crippen LogP contribution in [0.4, 0.5) is 0 Å². The first-order chi connectivity index (χ1) is 5.81. The average molecular weight is 171 g/mol. The van der Waals surface area contributed by atoms with E-state index in [0.717, 1.165) is 38.5 Å². The topological polar surface area (TPSA) is 37.3 Å². The molecule has 0 aliphatic rings. The van der Waals surface area contributed by atoms with Crippen LogP contribution in [0.3, 0.4) is 0 Å². The Labute approximate surface area is 75.0 Å². The van der Waals surface area contributed by atoms with E-state index in [-0.39, 0.29) is 6.10 Å². The highest BCUT2D eigenvalue weighted by atomic mass is 16.3. The summed E-state index contributed by atoms with van der Waals surface area (Å²) in [5, 5.41) is 9.38. The summed E-state index contributed by atoms with van der Waals surface area (Å²) in [6, 6.07) is 0. The van der Waals surface area contributed by atoms with Gasteiger partial charge in [0.25, 0.3) is 0 Å². The van der Waals surface area contributed by atoms with Gasteiger partial charge in [0.05, 0.1) is 6.10 Å². The van der Waals surface area contributed by atoms with Crippen LogP contribution in [0.1, 0.15) is 51.9 Å². The molecule has 0 aromatic carbocycles. The minimum Gasteiger partial charge on any atom is -0.393 e. The van der Waals surface area contributed by atoms with Crippen LogP contribution in [0.5, 0.6) is 0 Å². The van der Waals surface area contributed by atoms with Gasteiger partial charge in [-0.25, -0.2) is 0 Å². The molecule has 0 saturated heterocycles. The molecule has 1 radical (unpaired) electrons. The first-order valence-electron chi connectivity index (χ1n) is 4.84. The van der Waals surface area contributed by atoms with Crippen molar-refractivity contribution in [3.05, 3.63) is 0 Å². The molecule has 1 unspecified atom stereocenters. The predicted molar refractivity (Wildman–Crippen MR) is 49.7 cm³/mol. The highest BCUT2D eigenvalue weighted by Gasteiger charge is 2.01. The van der Waals surface area contributed by atoms with Gasteiger partial charge in [-0.2, -0.15) is 0 Å². The zero-order chi connectivity index (χ0) is 9.23. The number of hydrogen-bond donors (Lipinski definition) is 1. The average Bonchev–Trinajstić information content (AvgIpc) is 2.09. The van der Waals surface area contributed by atoms with Crippen molar-refractivity contribution in [2.75, 3.05) is 0 Å². The third-order valence-corrected chi connectivity index (χ3v) is 1.96.